The van der Waals surface area contributed by atoms with Gasteiger partial charge in [-0.15, -0.1) is 0 Å². The van der Waals surface area contributed by atoms with Gasteiger partial charge in [0, 0.05) is 10.5 Å². The van der Waals surface area contributed by atoms with Crippen molar-refractivity contribution in [2.75, 3.05) is 0 Å². The molecule has 0 bridgehead atoms. The summed E-state index contributed by atoms with van der Waals surface area (Å²) in [4.78, 5) is 0. The Morgan fingerprint density at radius 1 is 1.00 bits per heavy atom. The smallest absolute Gasteiger partial charge is 0.128 e. The molecule has 0 aliphatic rings. The van der Waals surface area contributed by atoms with Crippen molar-refractivity contribution in [2.45, 2.75) is 32.7 Å². The Kier molecular flexibility index (Phi) is 4.84. The maximum atomic E-state index is 5.91. The minimum absolute atomic E-state index is 0.00249. The molecular weight excluding hydrogens is 314 g/mol. The summed E-state index contributed by atoms with van der Waals surface area (Å²) in [5, 5.41) is 0. The van der Waals surface area contributed by atoms with Crippen LogP contribution in [0.1, 0.15) is 43.9 Å². The Bertz CT molecular complexity index is 593. The number of nitrogens with two attached hydrogens (primary N) is 1. The van der Waals surface area contributed by atoms with Crippen LogP contribution in [0.4, 0.5) is 0 Å². The fourth-order valence-corrected chi connectivity index (χ4v) is 2.73. The van der Waals surface area contributed by atoms with Crippen molar-refractivity contribution in [2.24, 2.45) is 5.73 Å². The van der Waals surface area contributed by atoms with Crippen LogP contribution >= 0.6 is 15.9 Å². The van der Waals surface area contributed by atoms with E-state index in [4.69, 9.17) is 10.5 Å². The van der Waals surface area contributed by atoms with Gasteiger partial charge in [-0.25, -0.2) is 0 Å². The quantitative estimate of drug-likeness (QED) is 0.814. The molecule has 0 aliphatic carbocycles. The van der Waals surface area contributed by atoms with Gasteiger partial charge in [0.15, 0.2) is 0 Å². The van der Waals surface area contributed by atoms with E-state index in [0.29, 0.717) is 5.92 Å². The number of rotatable bonds is 4. The fraction of sp³-hybridized carbons (Fsp3) is 0.294. The van der Waals surface area contributed by atoms with Crippen molar-refractivity contribution in [3.8, 4) is 11.5 Å². The zero-order chi connectivity index (χ0) is 14.7. The highest BCUT2D eigenvalue weighted by molar-refractivity contribution is 9.10. The third-order valence-electron chi connectivity index (χ3n) is 3.22. The van der Waals surface area contributed by atoms with E-state index < -0.39 is 0 Å². The molecule has 106 valence electrons. The van der Waals surface area contributed by atoms with E-state index in [1.165, 1.54) is 5.56 Å². The molecule has 0 aromatic heterocycles. The van der Waals surface area contributed by atoms with Crippen molar-refractivity contribution >= 4 is 15.9 Å². The molecule has 0 spiro atoms. The topological polar surface area (TPSA) is 35.2 Å². The lowest BCUT2D eigenvalue weighted by molar-refractivity contribution is 0.481. The van der Waals surface area contributed by atoms with Gasteiger partial charge in [-0.1, -0.05) is 48.0 Å². The van der Waals surface area contributed by atoms with Gasteiger partial charge in [0.05, 0.1) is 0 Å². The first-order chi connectivity index (χ1) is 9.47. The van der Waals surface area contributed by atoms with Crippen LogP contribution in [0.15, 0.2) is 46.9 Å². The number of benzene rings is 2. The van der Waals surface area contributed by atoms with E-state index in [1.807, 2.05) is 37.3 Å². The van der Waals surface area contributed by atoms with Gasteiger partial charge in [0.25, 0.3) is 0 Å². The molecular formula is C17H20BrNO. The molecule has 2 nitrogen and oxygen atoms in total. The molecule has 0 saturated heterocycles. The zero-order valence-electron chi connectivity index (χ0n) is 12.1. The van der Waals surface area contributed by atoms with E-state index in [9.17, 15) is 0 Å². The summed E-state index contributed by atoms with van der Waals surface area (Å²) in [6.45, 7) is 6.31. The SMILES string of the molecule is CC(C)c1cccc(Oc2ccc(C(C)N)c(Br)c2)c1. The van der Waals surface area contributed by atoms with Gasteiger partial charge in [-0.05, 0) is 48.2 Å². The van der Waals surface area contributed by atoms with Gasteiger partial charge in [0.2, 0.25) is 0 Å². The summed E-state index contributed by atoms with van der Waals surface area (Å²) in [7, 11) is 0. The van der Waals surface area contributed by atoms with Gasteiger partial charge in [-0.3, -0.25) is 0 Å². The Morgan fingerprint density at radius 3 is 2.30 bits per heavy atom. The van der Waals surface area contributed by atoms with Crippen molar-refractivity contribution in [3.63, 3.8) is 0 Å². The summed E-state index contributed by atoms with van der Waals surface area (Å²) in [6.07, 6.45) is 0. The Balaban J connectivity index is 2.22. The van der Waals surface area contributed by atoms with Crippen LogP contribution in [-0.2, 0) is 0 Å². The monoisotopic (exact) mass is 333 g/mol. The first-order valence-corrected chi connectivity index (χ1v) is 7.59. The summed E-state index contributed by atoms with van der Waals surface area (Å²) >= 11 is 3.54. The Morgan fingerprint density at radius 2 is 1.70 bits per heavy atom. The van der Waals surface area contributed by atoms with Gasteiger partial charge in [0.1, 0.15) is 11.5 Å². The molecule has 1 unspecified atom stereocenters. The average molecular weight is 334 g/mol. The molecule has 2 N–H and O–H groups in total. The van der Waals surface area contributed by atoms with E-state index in [-0.39, 0.29) is 6.04 Å². The largest absolute Gasteiger partial charge is 0.457 e. The van der Waals surface area contributed by atoms with Crippen molar-refractivity contribution in [3.05, 3.63) is 58.1 Å². The highest BCUT2D eigenvalue weighted by Gasteiger charge is 2.07. The number of hydrogen-bond acceptors (Lipinski definition) is 2. The number of hydrogen-bond donors (Lipinski definition) is 1. The second-order valence-electron chi connectivity index (χ2n) is 5.30. The lowest BCUT2D eigenvalue weighted by Crippen LogP contribution is -2.05. The molecule has 3 heteroatoms. The minimum Gasteiger partial charge on any atom is -0.457 e. The van der Waals surface area contributed by atoms with Gasteiger partial charge < -0.3 is 10.5 Å². The zero-order valence-corrected chi connectivity index (χ0v) is 13.6. The second kappa shape index (κ2) is 6.42. The molecule has 2 rings (SSSR count). The van der Waals surface area contributed by atoms with E-state index in [1.54, 1.807) is 0 Å². The lowest BCUT2D eigenvalue weighted by Gasteiger charge is -2.12. The fourth-order valence-electron chi connectivity index (χ4n) is 2.01. The second-order valence-corrected chi connectivity index (χ2v) is 6.16. The maximum absolute atomic E-state index is 5.91. The summed E-state index contributed by atoms with van der Waals surface area (Å²) in [5.41, 5.74) is 8.25. The van der Waals surface area contributed by atoms with Crippen LogP contribution < -0.4 is 10.5 Å². The van der Waals surface area contributed by atoms with Crippen LogP contribution in [0, 0.1) is 0 Å². The van der Waals surface area contributed by atoms with Crippen molar-refractivity contribution in [1.29, 1.82) is 0 Å². The van der Waals surface area contributed by atoms with Crippen LogP contribution in [0.2, 0.25) is 0 Å². The molecule has 2 aromatic rings. The molecule has 0 amide bonds. The Hall–Kier alpha value is -1.32. The van der Waals surface area contributed by atoms with Crippen LogP contribution in [0.3, 0.4) is 0 Å². The van der Waals surface area contributed by atoms with E-state index in [2.05, 4.69) is 41.9 Å². The first-order valence-electron chi connectivity index (χ1n) is 6.80. The van der Waals surface area contributed by atoms with E-state index >= 15 is 0 Å². The predicted octanol–water partition coefficient (Wildman–Crippen LogP) is 5.38. The summed E-state index contributed by atoms with van der Waals surface area (Å²) in [5.74, 6) is 2.16. The molecule has 0 heterocycles. The minimum atomic E-state index is 0.00249. The molecule has 1 atom stereocenters. The lowest BCUT2D eigenvalue weighted by atomic mass is 10.0. The third kappa shape index (κ3) is 3.62. The molecule has 20 heavy (non-hydrogen) atoms. The normalized spacial score (nSPS) is 12.5. The van der Waals surface area contributed by atoms with Crippen molar-refractivity contribution < 1.29 is 4.74 Å². The predicted molar refractivity (Wildman–Crippen MR) is 87.3 cm³/mol. The molecule has 0 fully saturated rings. The van der Waals surface area contributed by atoms with Crippen LogP contribution in [-0.4, -0.2) is 0 Å². The Labute approximate surface area is 129 Å². The van der Waals surface area contributed by atoms with Crippen LogP contribution in [0.25, 0.3) is 0 Å². The highest BCUT2D eigenvalue weighted by Crippen LogP contribution is 2.30. The number of ether oxygens (including phenoxy) is 1. The van der Waals surface area contributed by atoms with Gasteiger partial charge in [-0.2, -0.15) is 0 Å². The van der Waals surface area contributed by atoms with Crippen LogP contribution in [0.5, 0.6) is 11.5 Å². The van der Waals surface area contributed by atoms with Gasteiger partial charge >= 0.3 is 0 Å². The molecule has 0 aliphatic heterocycles. The maximum Gasteiger partial charge on any atom is 0.128 e. The standard InChI is InChI=1S/C17H20BrNO/c1-11(2)13-5-4-6-14(9-13)20-15-7-8-16(12(3)19)17(18)10-15/h4-12H,19H2,1-3H3. The molecule has 0 radical (unpaired) electrons. The first kappa shape index (κ1) is 15.1. The van der Waals surface area contributed by atoms with E-state index in [0.717, 1.165) is 21.5 Å². The molecule has 0 saturated carbocycles. The number of halogens is 1. The molecule has 2 aromatic carbocycles. The highest BCUT2D eigenvalue weighted by atomic mass is 79.9. The summed E-state index contributed by atoms with van der Waals surface area (Å²) < 4.78 is 6.89. The summed E-state index contributed by atoms with van der Waals surface area (Å²) in [6, 6.07) is 14.1. The van der Waals surface area contributed by atoms with Crippen molar-refractivity contribution in [1.82, 2.24) is 0 Å². The third-order valence-corrected chi connectivity index (χ3v) is 3.91. The average Bonchev–Trinajstić information content (AvgIpc) is 2.38.